The topological polar surface area (TPSA) is 29.3 Å². The number of nitrogens with zero attached hydrogens (tertiary/aromatic N) is 2. The molecular weight excluding hydrogens is 357 g/mol. The lowest BCUT2D eigenvalue weighted by atomic mass is 9.96. The quantitative estimate of drug-likeness (QED) is 0.815. The summed E-state index contributed by atoms with van der Waals surface area (Å²) in [7, 11) is 0. The fourth-order valence-electron chi connectivity index (χ4n) is 2.17. The van der Waals surface area contributed by atoms with E-state index in [9.17, 15) is 13.2 Å². The van der Waals surface area contributed by atoms with E-state index >= 15 is 0 Å². The van der Waals surface area contributed by atoms with Crippen molar-refractivity contribution < 1.29 is 17.6 Å². The number of anilines is 1. The van der Waals surface area contributed by atoms with E-state index in [2.05, 4.69) is 20.9 Å². The average molecular weight is 367 g/mol. The minimum absolute atomic E-state index is 0.0366. The SMILES string of the molecule is FC(F)(F)c1nc(N2CC(Cc3ccco3)C2)sc1Br. The van der Waals surface area contributed by atoms with Gasteiger partial charge >= 0.3 is 6.18 Å². The lowest BCUT2D eigenvalue weighted by Gasteiger charge is -2.38. The molecule has 3 nitrogen and oxygen atoms in total. The second kappa shape index (κ2) is 5.07. The maximum absolute atomic E-state index is 12.7. The molecule has 8 heteroatoms. The van der Waals surface area contributed by atoms with Crippen LogP contribution in [0, 0.1) is 5.92 Å². The van der Waals surface area contributed by atoms with Crippen LogP contribution in [0.1, 0.15) is 11.5 Å². The first kappa shape index (κ1) is 13.9. The summed E-state index contributed by atoms with van der Waals surface area (Å²) < 4.78 is 43.3. The lowest BCUT2D eigenvalue weighted by molar-refractivity contribution is -0.141. The Morgan fingerprint density at radius 3 is 2.75 bits per heavy atom. The number of alkyl halides is 3. The van der Waals surface area contributed by atoms with Gasteiger partial charge in [0.15, 0.2) is 10.8 Å². The Bertz CT molecular complexity index is 590. The summed E-state index contributed by atoms with van der Waals surface area (Å²) in [6.07, 6.45) is -1.98. The summed E-state index contributed by atoms with van der Waals surface area (Å²) in [5, 5.41) is 0.417. The van der Waals surface area contributed by atoms with Gasteiger partial charge in [0.05, 0.1) is 6.26 Å². The van der Waals surface area contributed by atoms with Crippen molar-refractivity contribution in [1.82, 2.24) is 4.98 Å². The van der Waals surface area contributed by atoms with E-state index in [0.717, 1.165) is 23.5 Å². The highest BCUT2D eigenvalue weighted by Crippen LogP contribution is 2.41. The van der Waals surface area contributed by atoms with Crippen molar-refractivity contribution in [3.63, 3.8) is 0 Å². The molecule has 3 heterocycles. The minimum Gasteiger partial charge on any atom is -0.469 e. The molecule has 1 fully saturated rings. The second-order valence-electron chi connectivity index (χ2n) is 4.67. The molecule has 0 aromatic carbocycles. The zero-order chi connectivity index (χ0) is 14.3. The molecule has 1 aliphatic heterocycles. The molecule has 0 bridgehead atoms. The average Bonchev–Trinajstić information content (AvgIpc) is 2.90. The van der Waals surface area contributed by atoms with Gasteiger partial charge in [0, 0.05) is 25.4 Å². The van der Waals surface area contributed by atoms with Crippen molar-refractivity contribution >= 4 is 32.4 Å². The first-order chi connectivity index (χ1) is 9.43. The molecule has 0 radical (unpaired) electrons. The predicted octanol–water partition coefficient (Wildman–Crippen LogP) is 4.20. The van der Waals surface area contributed by atoms with Crippen LogP contribution in [-0.2, 0) is 12.6 Å². The normalized spacial score (nSPS) is 16.5. The predicted molar refractivity (Wildman–Crippen MR) is 72.9 cm³/mol. The highest BCUT2D eigenvalue weighted by molar-refractivity contribution is 9.11. The highest BCUT2D eigenvalue weighted by atomic mass is 79.9. The molecule has 1 aliphatic rings. The molecule has 0 saturated carbocycles. The maximum Gasteiger partial charge on any atom is 0.435 e. The molecule has 108 valence electrons. The zero-order valence-corrected chi connectivity index (χ0v) is 12.6. The van der Waals surface area contributed by atoms with Crippen molar-refractivity contribution in [3.05, 3.63) is 33.6 Å². The summed E-state index contributed by atoms with van der Waals surface area (Å²) in [4.78, 5) is 5.54. The number of aromatic nitrogens is 1. The van der Waals surface area contributed by atoms with E-state index < -0.39 is 11.9 Å². The Morgan fingerprint density at radius 2 is 2.20 bits per heavy atom. The maximum atomic E-state index is 12.7. The van der Waals surface area contributed by atoms with Gasteiger partial charge in [-0.1, -0.05) is 11.3 Å². The van der Waals surface area contributed by atoms with Gasteiger partial charge in [-0.15, -0.1) is 0 Å². The third-order valence-corrected chi connectivity index (χ3v) is 4.91. The molecule has 0 atom stereocenters. The summed E-state index contributed by atoms with van der Waals surface area (Å²) >= 11 is 3.96. The van der Waals surface area contributed by atoms with E-state index in [0.29, 0.717) is 24.1 Å². The zero-order valence-electron chi connectivity index (χ0n) is 10.2. The molecule has 20 heavy (non-hydrogen) atoms. The Kier molecular flexibility index (Phi) is 3.53. The van der Waals surface area contributed by atoms with Gasteiger partial charge in [-0.3, -0.25) is 0 Å². The number of hydrogen-bond acceptors (Lipinski definition) is 4. The minimum atomic E-state index is -4.41. The van der Waals surface area contributed by atoms with E-state index in [-0.39, 0.29) is 3.79 Å². The third kappa shape index (κ3) is 2.71. The van der Waals surface area contributed by atoms with Crippen LogP contribution in [0.4, 0.5) is 18.3 Å². The van der Waals surface area contributed by atoms with Crippen LogP contribution in [0.25, 0.3) is 0 Å². The van der Waals surface area contributed by atoms with Crippen molar-refractivity contribution in [1.29, 1.82) is 0 Å². The fourth-order valence-corrected chi connectivity index (χ4v) is 3.75. The van der Waals surface area contributed by atoms with Gasteiger partial charge < -0.3 is 9.32 Å². The van der Waals surface area contributed by atoms with Crippen molar-refractivity contribution in [2.24, 2.45) is 5.92 Å². The third-order valence-electron chi connectivity index (χ3n) is 3.14. The van der Waals surface area contributed by atoms with Crippen molar-refractivity contribution in [2.75, 3.05) is 18.0 Å². The van der Waals surface area contributed by atoms with E-state index in [1.807, 2.05) is 17.0 Å². The molecule has 0 N–H and O–H groups in total. The molecule has 0 amide bonds. The summed E-state index contributed by atoms with van der Waals surface area (Å²) in [6, 6.07) is 3.74. The van der Waals surface area contributed by atoms with Gasteiger partial charge in [-0.25, -0.2) is 4.98 Å². The highest BCUT2D eigenvalue weighted by Gasteiger charge is 2.39. The lowest BCUT2D eigenvalue weighted by Crippen LogP contribution is -2.47. The first-order valence-electron chi connectivity index (χ1n) is 5.94. The van der Waals surface area contributed by atoms with E-state index in [1.54, 1.807) is 6.26 Å². The van der Waals surface area contributed by atoms with Crippen LogP contribution in [0.5, 0.6) is 0 Å². The van der Waals surface area contributed by atoms with Gasteiger partial charge in [-0.2, -0.15) is 13.2 Å². The molecule has 0 spiro atoms. The van der Waals surface area contributed by atoms with E-state index in [4.69, 9.17) is 4.42 Å². The van der Waals surface area contributed by atoms with Gasteiger partial charge in [0.1, 0.15) is 9.55 Å². The Labute approximate surface area is 125 Å². The van der Waals surface area contributed by atoms with Crippen LogP contribution in [-0.4, -0.2) is 18.1 Å². The second-order valence-corrected chi connectivity index (χ2v) is 6.97. The van der Waals surface area contributed by atoms with Gasteiger partial charge in [0.25, 0.3) is 0 Å². The number of halogens is 4. The van der Waals surface area contributed by atoms with Crippen LogP contribution >= 0.6 is 27.3 Å². The number of rotatable bonds is 3. The summed E-state index contributed by atoms with van der Waals surface area (Å²) in [5.41, 5.74) is -0.841. The van der Waals surface area contributed by atoms with Gasteiger partial charge in [-0.05, 0) is 28.1 Å². The monoisotopic (exact) mass is 366 g/mol. The molecule has 2 aromatic heterocycles. The Morgan fingerprint density at radius 1 is 1.45 bits per heavy atom. The summed E-state index contributed by atoms with van der Waals surface area (Å²) in [6.45, 7) is 1.41. The molecule has 1 saturated heterocycles. The molecule has 0 unspecified atom stereocenters. The number of furan rings is 1. The first-order valence-corrected chi connectivity index (χ1v) is 7.55. The van der Waals surface area contributed by atoms with E-state index in [1.165, 1.54) is 0 Å². The molecule has 3 rings (SSSR count). The van der Waals surface area contributed by atoms with Crippen LogP contribution < -0.4 is 4.90 Å². The Balaban J connectivity index is 1.63. The van der Waals surface area contributed by atoms with Gasteiger partial charge in [0.2, 0.25) is 0 Å². The molecule has 2 aromatic rings. The Hall–Kier alpha value is -1.02. The van der Waals surface area contributed by atoms with Crippen LogP contribution in [0.2, 0.25) is 0 Å². The fraction of sp³-hybridized carbons (Fsp3) is 0.417. The van der Waals surface area contributed by atoms with Crippen molar-refractivity contribution in [3.8, 4) is 0 Å². The standard InChI is InChI=1S/C12H10BrF3N2OS/c13-10-9(12(14,15)16)17-11(20-10)18-5-7(6-18)4-8-2-1-3-19-8/h1-3,7H,4-6H2. The molecule has 0 aliphatic carbocycles. The number of thiazole rings is 1. The van der Waals surface area contributed by atoms with Crippen molar-refractivity contribution in [2.45, 2.75) is 12.6 Å². The van der Waals surface area contributed by atoms with Crippen LogP contribution in [0.3, 0.4) is 0 Å². The largest absolute Gasteiger partial charge is 0.469 e. The molecular formula is C12H10BrF3N2OS. The summed E-state index contributed by atoms with van der Waals surface area (Å²) in [5.74, 6) is 1.31. The number of hydrogen-bond donors (Lipinski definition) is 0. The van der Waals surface area contributed by atoms with Crippen LogP contribution in [0.15, 0.2) is 26.6 Å². The smallest absolute Gasteiger partial charge is 0.435 e.